The molecule has 4 nitrogen and oxygen atoms in total. The predicted octanol–water partition coefficient (Wildman–Crippen LogP) is 3.51. The fourth-order valence-electron chi connectivity index (χ4n) is 3.64. The summed E-state index contributed by atoms with van der Waals surface area (Å²) >= 11 is 0. The maximum absolute atomic E-state index is 13.8. The molecule has 2 unspecified atom stereocenters. The van der Waals surface area contributed by atoms with Crippen LogP contribution >= 0.6 is 0 Å². The van der Waals surface area contributed by atoms with Crippen LogP contribution in [0.25, 0.3) is 0 Å². The second-order valence-electron chi connectivity index (χ2n) is 6.84. The van der Waals surface area contributed by atoms with Gasteiger partial charge in [0.1, 0.15) is 5.82 Å². The number of ether oxygens (including phenoxy) is 1. The van der Waals surface area contributed by atoms with E-state index in [2.05, 4.69) is 10.2 Å². The molecule has 0 radical (unpaired) electrons. The minimum Gasteiger partial charge on any atom is -0.379 e. The molecule has 1 amide bonds. The first-order chi connectivity index (χ1) is 13.2. The number of amides is 1. The first-order valence-electron chi connectivity index (χ1n) is 9.59. The third-order valence-corrected chi connectivity index (χ3v) is 5.12. The quantitative estimate of drug-likeness (QED) is 0.811. The molecule has 2 aromatic rings. The van der Waals surface area contributed by atoms with Crippen molar-refractivity contribution in [1.29, 1.82) is 0 Å². The van der Waals surface area contributed by atoms with Crippen LogP contribution in [-0.2, 0) is 9.53 Å². The van der Waals surface area contributed by atoms with Gasteiger partial charge in [-0.15, -0.1) is 0 Å². The molecule has 2 aromatic carbocycles. The predicted molar refractivity (Wildman–Crippen MR) is 104 cm³/mol. The molecular formula is C22H27FN2O2. The van der Waals surface area contributed by atoms with Crippen molar-refractivity contribution in [3.05, 3.63) is 71.5 Å². The number of nitrogens with zero attached hydrogens (tertiary/aromatic N) is 1. The van der Waals surface area contributed by atoms with Gasteiger partial charge in [-0.25, -0.2) is 4.39 Å². The van der Waals surface area contributed by atoms with Crippen molar-refractivity contribution >= 4 is 5.91 Å². The van der Waals surface area contributed by atoms with Crippen LogP contribution in [0, 0.1) is 5.82 Å². The van der Waals surface area contributed by atoms with E-state index in [-0.39, 0.29) is 23.7 Å². The Hall–Kier alpha value is -2.24. The molecule has 0 aromatic heterocycles. The van der Waals surface area contributed by atoms with Gasteiger partial charge in [0.05, 0.1) is 25.2 Å². The van der Waals surface area contributed by atoms with Gasteiger partial charge in [-0.05, 0) is 29.7 Å². The number of morpholine rings is 1. The van der Waals surface area contributed by atoms with Gasteiger partial charge < -0.3 is 10.1 Å². The van der Waals surface area contributed by atoms with Gasteiger partial charge in [-0.2, -0.15) is 0 Å². The summed E-state index contributed by atoms with van der Waals surface area (Å²) in [4.78, 5) is 15.1. The van der Waals surface area contributed by atoms with E-state index >= 15 is 0 Å². The maximum atomic E-state index is 13.8. The number of halogens is 1. The van der Waals surface area contributed by atoms with Gasteiger partial charge in [0.25, 0.3) is 0 Å². The first-order valence-corrected chi connectivity index (χ1v) is 9.59. The van der Waals surface area contributed by atoms with Gasteiger partial charge in [-0.1, -0.05) is 49.4 Å². The molecule has 0 saturated carbocycles. The van der Waals surface area contributed by atoms with Crippen molar-refractivity contribution in [2.45, 2.75) is 25.3 Å². The largest absolute Gasteiger partial charge is 0.379 e. The number of hydrogen-bond donors (Lipinski definition) is 1. The number of rotatable bonds is 7. The molecule has 1 aliphatic rings. The number of carbonyl (C=O) groups excluding carboxylic acids is 1. The average molecular weight is 370 g/mol. The van der Waals surface area contributed by atoms with E-state index in [0.29, 0.717) is 19.8 Å². The molecule has 3 rings (SSSR count). The van der Waals surface area contributed by atoms with Crippen LogP contribution in [0.2, 0.25) is 0 Å². The number of nitrogens with one attached hydrogen (secondary N) is 1. The Kier molecular flexibility index (Phi) is 6.96. The van der Waals surface area contributed by atoms with Crippen LogP contribution in [0.4, 0.5) is 4.39 Å². The van der Waals surface area contributed by atoms with E-state index in [0.717, 1.165) is 30.6 Å². The van der Waals surface area contributed by atoms with E-state index in [1.165, 1.54) is 6.07 Å². The first kappa shape index (κ1) is 19.5. The molecule has 1 N–H and O–H groups in total. The van der Waals surface area contributed by atoms with Gasteiger partial charge in [0, 0.05) is 19.6 Å². The van der Waals surface area contributed by atoms with Crippen molar-refractivity contribution in [3.63, 3.8) is 0 Å². The summed E-state index contributed by atoms with van der Waals surface area (Å²) in [6.07, 6.45) is 0.734. The summed E-state index contributed by atoms with van der Waals surface area (Å²) in [6.45, 7) is 5.32. The van der Waals surface area contributed by atoms with Crippen LogP contribution in [0.5, 0.6) is 0 Å². The molecule has 0 bridgehead atoms. The van der Waals surface area contributed by atoms with Crippen molar-refractivity contribution in [3.8, 4) is 0 Å². The highest BCUT2D eigenvalue weighted by atomic mass is 19.1. The van der Waals surface area contributed by atoms with Gasteiger partial charge in [-0.3, -0.25) is 9.69 Å². The molecule has 0 spiro atoms. The molecule has 1 heterocycles. The van der Waals surface area contributed by atoms with E-state index in [1.54, 1.807) is 12.1 Å². The summed E-state index contributed by atoms with van der Waals surface area (Å²) in [5.74, 6) is -0.421. The van der Waals surface area contributed by atoms with Crippen molar-refractivity contribution in [2.75, 3.05) is 32.8 Å². The van der Waals surface area contributed by atoms with E-state index in [9.17, 15) is 9.18 Å². The average Bonchev–Trinajstić information content (AvgIpc) is 2.70. The minimum absolute atomic E-state index is 0.0124. The topological polar surface area (TPSA) is 41.6 Å². The normalized spacial score (nSPS) is 17.3. The monoisotopic (exact) mass is 370 g/mol. The van der Waals surface area contributed by atoms with Gasteiger partial charge >= 0.3 is 0 Å². The second kappa shape index (κ2) is 9.62. The summed E-state index contributed by atoms with van der Waals surface area (Å²) in [7, 11) is 0. The molecule has 1 saturated heterocycles. The van der Waals surface area contributed by atoms with E-state index < -0.39 is 0 Å². The van der Waals surface area contributed by atoms with Crippen molar-refractivity contribution in [2.24, 2.45) is 0 Å². The lowest BCUT2D eigenvalue weighted by Crippen LogP contribution is -2.44. The highest BCUT2D eigenvalue weighted by molar-refractivity contribution is 5.83. The zero-order valence-electron chi connectivity index (χ0n) is 15.7. The zero-order chi connectivity index (χ0) is 19.1. The fraction of sp³-hybridized carbons (Fsp3) is 0.409. The Morgan fingerprint density at radius 3 is 2.48 bits per heavy atom. The van der Waals surface area contributed by atoms with E-state index in [4.69, 9.17) is 4.74 Å². The lowest BCUT2D eigenvalue weighted by molar-refractivity contribution is -0.123. The van der Waals surface area contributed by atoms with Crippen molar-refractivity contribution < 1.29 is 13.9 Å². The van der Waals surface area contributed by atoms with Gasteiger partial charge in [0.2, 0.25) is 5.91 Å². The highest BCUT2D eigenvalue weighted by Gasteiger charge is 2.25. The van der Waals surface area contributed by atoms with Crippen molar-refractivity contribution in [1.82, 2.24) is 10.2 Å². The smallest absolute Gasteiger partial charge is 0.227 e. The standard InChI is InChI=1S/C22H27FN2O2/c1-2-20(17-7-4-3-5-8-17)22(26)24-16-21(25-11-13-27-14-12-25)18-9-6-10-19(23)15-18/h3-10,15,20-21H,2,11-14,16H2,1H3,(H,24,26). The second-order valence-corrected chi connectivity index (χ2v) is 6.84. The van der Waals surface area contributed by atoms with Crippen LogP contribution in [0.1, 0.15) is 36.4 Å². The molecule has 5 heteroatoms. The maximum Gasteiger partial charge on any atom is 0.227 e. The SMILES string of the molecule is CCC(C(=O)NCC(c1cccc(F)c1)N1CCOCC1)c1ccccc1. The lowest BCUT2D eigenvalue weighted by Gasteiger charge is -2.35. The summed E-state index contributed by atoms with van der Waals surface area (Å²) < 4.78 is 19.2. The lowest BCUT2D eigenvalue weighted by atomic mass is 9.95. The molecule has 2 atom stereocenters. The van der Waals surface area contributed by atoms with Gasteiger partial charge in [0.15, 0.2) is 0 Å². The molecule has 144 valence electrons. The molecule has 27 heavy (non-hydrogen) atoms. The van der Waals surface area contributed by atoms with Crippen LogP contribution in [0.3, 0.4) is 0 Å². The minimum atomic E-state index is -0.257. The number of benzene rings is 2. The van der Waals surface area contributed by atoms with E-state index in [1.807, 2.05) is 43.3 Å². The third-order valence-electron chi connectivity index (χ3n) is 5.12. The van der Waals surface area contributed by atoms with Crippen LogP contribution < -0.4 is 5.32 Å². The number of carbonyl (C=O) groups is 1. The Bertz CT molecular complexity index is 732. The van der Waals surface area contributed by atoms with Crippen LogP contribution in [-0.4, -0.2) is 43.7 Å². The molecule has 0 aliphatic carbocycles. The molecule has 1 fully saturated rings. The fourth-order valence-corrected chi connectivity index (χ4v) is 3.64. The Balaban J connectivity index is 1.72. The Labute approximate surface area is 160 Å². The third kappa shape index (κ3) is 5.15. The summed E-state index contributed by atoms with van der Waals surface area (Å²) in [6, 6.07) is 16.4. The summed E-state index contributed by atoms with van der Waals surface area (Å²) in [5.41, 5.74) is 1.90. The number of hydrogen-bond acceptors (Lipinski definition) is 3. The Morgan fingerprint density at radius 2 is 1.81 bits per heavy atom. The summed E-state index contributed by atoms with van der Waals surface area (Å²) in [5, 5.41) is 3.10. The zero-order valence-corrected chi connectivity index (χ0v) is 15.7. The van der Waals surface area contributed by atoms with Crippen LogP contribution in [0.15, 0.2) is 54.6 Å². The Morgan fingerprint density at radius 1 is 1.11 bits per heavy atom. The highest BCUT2D eigenvalue weighted by Crippen LogP contribution is 2.24. The molecule has 1 aliphatic heterocycles. The molecular weight excluding hydrogens is 343 g/mol.